The molecule has 2 rings (SSSR count). The van der Waals surface area contributed by atoms with Gasteiger partial charge in [-0.05, 0) is 33.6 Å². The lowest BCUT2D eigenvalue weighted by Gasteiger charge is -2.10. The van der Waals surface area contributed by atoms with Gasteiger partial charge in [0.05, 0.1) is 22.9 Å². The van der Waals surface area contributed by atoms with Crippen LogP contribution in [0.15, 0.2) is 15.6 Å². The van der Waals surface area contributed by atoms with Gasteiger partial charge in [-0.3, -0.25) is 0 Å². The van der Waals surface area contributed by atoms with E-state index in [4.69, 9.17) is 4.52 Å². The smallest absolute Gasteiger partial charge is 0.191 e. The van der Waals surface area contributed by atoms with Gasteiger partial charge >= 0.3 is 0 Å². The van der Waals surface area contributed by atoms with Crippen molar-refractivity contribution in [3.8, 4) is 0 Å². The summed E-state index contributed by atoms with van der Waals surface area (Å²) in [4.78, 5) is 10.3. The lowest BCUT2D eigenvalue weighted by molar-refractivity contribution is 0.372. The van der Waals surface area contributed by atoms with E-state index in [-0.39, 0.29) is 24.0 Å². The van der Waals surface area contributed by atoms with E-state index in [0.29, 0.717) is 12.5 Å². The molecule has 0 atom stereocenters. The molecule has 0 spiro atoms. The molecule has 0 saturated heterocycles. The Balaban J connectivity index is 0.00000338. The Morgan fingerprint density at radius 3 is 2.54 bits per heavy atom. The first-order valence-electron chi connectivity index (χ1n) is 8.97. The van der Waals surface area contributed by atoms with Crippen LogP contribution in [0.4, 0.5) is 0 Å². The van der Waals surface area contributed by atoms with Crippen LogP contribution in [0.5, 0.6) is 0 Å². The number of aliphatic imine (C=N–C) groups is 1. The highest BCUT2D eigenvalue weighted by molar-refractivity contribution is 14.0. The molecule has 2 aromatic rings. The van der Waals surface area contributed by atoms with Crippen LogP contribution in [-0.4, -0.2) is 22.6 Å². The molecule has 0 aliphatic carbocycles. The summed E-state index contributed by atoms with van der Waals surface area (Å²) in [6, 6.07) is 2.03. The maximum Gasteiger partial charge on any atom is 0.191 e. The van der Waals surface area contributed by atoms with Crippen molar-refractivity contribution >= 4 is 41.3 Å². The first kappa shape index (κ1) is 22.9. The van der Waals surface area contributed by atoms with Crippen LogP contribution in [0.25, 0.3) is 0 Å². The highest BCUT2D eigenvalue weighted by Gasteiger charge is 2.13. The number of rotatable bonds is 8. The van der Waals surface area contributed by atoms with Gasteiger partial charge in [-0.15, -0.1) is 35.3 Å². The minimum atomic E-state index is 0. The number of halogens is 1. The molecule has 0 bridgehead atoms. The van der Waals surface area contributed by atoms with Gasteiger partial charge in [-0.2, -0.15) is 0 Å². The van der Waals surface area contributed by atoms with E-state index in [2.05, 4.69) is 46.5 Å². The Kier molecular flexibility index (Phi) is 10.1. The molecule has 0 aliphatic heterocycles. The number of guanidine groups is 1. The monoisotopic (exact) mass is 491 g/mol. The van der Waals surface area contributed by atoms with Gasteiger partial charge < -0.3 is 15.2 Å². The van der Waals surface area contributed by atoms with Crippen LogP contribution in [0.2, 0.25) is 0 Å². The first-order valence-corrected chi connectivity index (χ1v) is 9.79. The minimum Gasteiger partial charge on any atom is -0.359 e. The molecular formula is C18H30IN5OS. The number of nitrogens with one attached hydrogen (secondary N) is 2. The highest BCUT2D eigenvalue weighted by Crippen LogP contribution is 2.22. The molecule has 0 unspecified atom stereocenters. The summed E-state index contributed by atoms with van der Waals surface area (Å²) < 4.78 is 5.44. The third-order valence-electron chi connectivity index (χ3n) is 4.13. The van der Waals surface area contributed by atoms with E-state index in [1.807, 2.05) is 19.9 Å². The molecule has 6 nitrogen and oxygen atoms in total. The van der Waals surface area contributed by atoms with Gasteiger partial charge in [-0.25, -0.2) is 9.98 Å². The number of aryl methyl sites for hydroxylation is 2. The largest absolute Gasteiger partial charge is 0.359 e. The average Bonchev–Trinajstić information content (AvgIpc) is 3.18. The summed E-state index contributed by atoms with van der Waals surface area (Å²) in [5.41, 5.74) is 2.11. The second-order valence-corrected chi connectivity index (χ2v) is 7.31. The van der Waals surface area contributed by atoms with Crippen LogP contribution in [-0.2, 0) is 13.1 Å². The summed E-state index contributed by atoms with van der Waals surface area (Å²) in [7, 11) is 0. The Bertz CT molecular complexity index is 694. The number of aromatic nitrogens is 2. The zero-order chi connectivity index (χ0) is 18.2. The van der Waals surface area contributed by atoms with Crippen molar-refractivity contribution in [2.75, 3.05) is 6.54 Å². The topological polar surface area (TPSA) is 75.3 Å². The Hall–Kier alpha value is -1.16. The van der Waals surface area contributed by atoms with Crippen molar-refractivity contribution < 1.29 is 4.52 Å². The quantitative estimate of drug-likeness (QED) is 0.323. The van der Waals surface area contributed by atoms with Crippen molar-refractivity contribution in [1.82, 2.24) is 20.8 Å². The van der Waals surface area contributed by atoms with Gasteiger partial charge in [0.25, 0.3) is 0 Å². The summed E-state index contributed by atoms with van der Waals surface area (Å²) in [6.07, 6.45) is 2.15. The van der Waals surface area contributed by atoms with Crippen LogP contribution < -0.4 is 10.6 Å². The van der Waals surface area contributed by atoms with Gasteiger partial charge in [0.2, 0.25) is 0 Å². The second-order valence-electron chi connectivity index (χ2n) is 6.02. The molecule has 0 amide bonds. The summed E-state index contributed by atoms with van der Waals surface area (Å²) in [5, 5.41) is 11.9. The number of nitrogens with zero attached hydrogens (tertiary/aromatic N) is 3. The van der Waals surface area contributed by atoms with Crippen LogP contribution in [0, 0.1) is 13.8 Å². The van der Waals surface area contributed by atoms with Gasteiger partial charge in [0, 0.05) is 23.4 Å². The molecule has 2 heterocycles. The second kappa shape index (κ2) is 11.5. The lowest BCUT2D eigenvalue weighted by atomic mass is 9.99. The Labute approximate surface area is 177 Å². The third kappa shape index (κ3) is 6.53. The summed E-state index contributed by atoms with van der Waals surface area (Å²) >= 11 is 1.72. The molecule has 146 valence electrons. The van der Waals surface area contributed by atoms with Crippen LogP contribution in [0.3, 0.4) is 0 Å². The van der Waals surface area contributed by atoms with E-state index in [0.717, 1.165) is 54.0 Å². The van der Waals surface area contributed by atoms with Crippen molar-refractivity contribution in [1.29, 1.82) is 0 Å². The highest BCUT2D eigenvalue weighted by atomic mass is 127. The summed E-state index contributed by atoms with van der Waals surface area (Å²) in [6.45, 7) is 12.5. The molecule has 2 aromatic heterocycles. The van der Waals surface area contributed by atoms with E-state index < -0.39 is 0 Å². The third-order valence-corrected chi connectivity index (χ3v) is 5.21. The lowest BCUT2D eigenvalue weighted by Crippen LogP contribution is -2.36. The fourth-order valence-electron chi connectivity index (χ4n) is 2.70. The van der Waals surface area contributed by atoms with Gasteiger partial charge in [0.1, 0.15) is 6.54 Å². The number of hydrogen-bond acceptors (Lipinski definition) is 5. The van der Waals surface area contributed by atoms with Crippen LogP contribution in [0.1, 0.15) is 66.6 Å². The van der Waals surface area contributed by atoms with Crippen molar-refractivity contribution in [2.24, 2.45) is 4.99 Å². The molecule has 8 heteroatoms. The maximum atomic E-state index is 5.44. The van der Waals surface area contributed by atoms with Crippen LogP contribution >= 0.6 is 35.3 Å². The minimum absolute atomic E-state index is 0. The molecule has 26 heavy (non-hydrogen) atoms. The molecular weight excluding hydrogens is 461 g/mol. The van der Waals surface area contributed by atoms with Gasteiger partial charge in [-0.1, -0.05) is 19.0 Å². The number of hydrogen-bond donors (Lipinski definition) is 2. The predicted octanol–water partition coefficient (Wildman–Crippen LogP) is 4.52. The van der Waals surface area contributed by atoms with Crippen molar-refractivity contribution in [2.45, 2.75) is 66.5 Å². The SMILES string of the molecule is CCNC(=NCc1cc(C(CC)CC)no1)NCc1sc(C)nc1C.I. The van der Waals surface area contributed by atoms with E-state index >= 15 is 0 Å². The molecule has 0 aromatic carbocycles. The Morgan fingerprint density at radius 2 is 1.96 bits per heavy atom. The normalized spacial score (nSPS) is 11.5. The first-order chi connectivity index (χ1) is 12.1. The van der Waals surface area contributed by atoms with Crippen molar-refractivity contribution in [3.63, 3.8) is 0 Å². The van der Waals surface area contributed by atoms with E-state index in [1.165, 1.54) is 4.88 Å². The Morgan fingerprint density at radius 1 is 1.23 bits per heavy atom. The fourth-order valence-corrected chi connectivity index (χ4v) is 3.58. The fraction of sp³-hybridized carbons (Fsp3) is 0.611. The molecule has 0 saturated carbocycles. The molecule has 0 aliphatic rings. The van der Waals surface area contributed by atoms with Gasteiger partial charge in [0.15, 0.2) is 11.7 Å². The average molecular weight is 491 g/mol. The summed E-state index contributed by atoms with van der Waals surface area (Å²) in [5.74, 6) is 2.03. The van der Waals surface area contributed by atoms with Crippen molar-refractivity contribution in [3.05, 3.63) is 33.1 Å². The maximum absolute atomic E-state index is 5.44. The molecule has 0 radical (unpaired) electrons. The van der Waals surface area contributed by atoms with E-state index in [1.54, 1.807) is 11.3 Å². The molecule has 2 N–H and O–H groups in total. The molecule has 0 fully saturated rings. The zero-order valence-corrected chi connectivity index (χ0v) is 19.4. The standard InChI is InChI=1S/C18H29N5OS.HI/c1-6-14(7-2)16-9-15(24-23-16)10-20-18(19-8-3)21-11-17-12(4)22-13(5)25-17;/h9,14H,6-8,10-11H2,1-5H3,(H2,19,20,21);1H. The predicted molar refractivity (Wildman–Crippen MR) is 118 cm³/mol. The number of thiazole rings is 1. The zero-order valence-electron chi connectivity index (χ0n) is 16.3. The van der Waals surface area contributed by atoms with E-state index in [9.17, 15) is 0 Å².